The first kappa shape index (κ1) is 18.5. The van der Waals surface area contributed by atoms with Gasteiger partial charge in [-0.15, -0.1) is 0 Å². The van der Waals surface area contributed by atoms with Crippen LogP contribution in [0.2, 0.25) is 5.02 Å². The Bertz CT molecular complexity index is 909. The largest absolute Gasteiger partial charge is 0.453 e. The number of aromatic nitrogens is 5. The molecule has 0 spiro atoms. The number of rotatable bonds is 7. The van der Waals surface area contributed by atoms with E-state index in [-0.39, 0.29) is 24.6 Å². The van der Waals surface area contributed by atoms with Gasteiger partial charge in [0.25, 0.3) is 5.91 Å². The van der Waals surface area contributed by atoms with Crippen molar-refractivity contribution in [2.45, 2.75) is 25.9 Å². The second kappa shape index (κ2) is 8.41. The minimum atomic E-state index is -0.958. The van der Waals surface area contributed by atoms with Gasteiger partial charge in [-0.05, 0) is 31.2 Å². The highest BCUT2D eigenvalue weighted by molar-refractivity contribution is 6.30. The number of nitrogens with one attached hydrogen (secondary N) is 2. The molecule has 1 aromatic carbocycles. The average Bonchev–Trinajstić information content (AvgIpc) is 3.33. The van der Waals surface area contributed by atoms with Gasteiger partial charge < -0.3 is 14.6 Å². The Kier molecular flexibility index (Phi) is 5.77. The summed E-state index contributed by atoms with van der Waals surface area (Å²) in [6.07, 6.45) is 0.516. The van der Waals surface area contributed by atoms with E-state index in [0.29, 0.717) is 16.5 Å². The van der Waals surface area contributed by atoms with Crippen LogP contribution in [0.15, 0.2) is 35.1 Å². The standard InChI is InChI=1S/C16H15ClN6O4/c1-9(16(25)20-11-4-2-10(17)3-5-11)26-13(24)7-6-12-21-15(23-27-12)14-18-8-19-22-14/h2-5,8-9H,6-7H2,1H3,(H,20,25)(H,18,19,22)/t9-/m1/s1. The Labute approximate surface area is 158 Å². The van der Waals surface area contributed by atoms with Crippen LogP contribution in [-0.4, -0.2) is 43.3 Å². The predicted octanol–water partition coefficient (Wildman–Crippen LogP) is 2.01. The summed E-state index contributed by atoms with van der Waals surface area (Å²) in [4.78, 5) is 32.0. The van der Waals surface area contributed by atoms with Crippen LogP contribution in [0.3, 0.4) is 0 Å². The molecule has 3 aromatic rings. The van der Waals surface area contributed by atoms with E-state index < -0.39 is 18.0 Å². The maximum Gasteiger partial charge on any atom is 0.307 e. The molecule has 0 aliphatic heterocycles. The van der Waals surface area contributed by atoms with E-state index in [1.54, 1.807) is 24.3 Å². The summed E-state index contributed by atoms with van der Waals surface area (Å²) in [5, 5.41) is 13.2. The summed E-state index contributed by atoms with van der Waals surface area (Å²) in [5.74, 6) is -0.160. The van der Waals surface area contributed by atoms with E-state index in [1.807, 2.05) is 0 Å². The molecule has 0 saturated heterocycles. The van der Waals surface area contributed by atoms with Crippen LogP contribution in [0.1, 0.15) is 19.2 Å². The summed E-state index contributed by atoms with van der Waals surface area (Å²) in [6, 6.07) is 6.59. The fourth-order valence-corrected chi connectivity index (χ4v) is 2.19. The summed E-state index contributed by atoms with van der Waals surface area (Å²) >= 11 is 5.79. The lowest BCUT2D eigenvalue weighted by Gasteiger charge is -2.13. The molecule has 0 aliphatic rings. The zero-order chi connectivity index (χ0) is 19.2. The van der Waals surface area contributed by atoms with Gasteiger partial charge >= 0.3 is 5.97 Å². The van der Waals surface area contributed by atoms with Crippen molar-refractivity contribution in [1.29, 1.82) is 0 Å². The van der Waals surface area contributed by atoms with Crippen molar-refractivity contribution in [2.24, 2.45) is 0 Å². The van der Waals surface area contributed by atoms with Crippen LogP contribution in [-0.2, 0) is 20.7 Å². The van der Waals surface area contributed by atoms with Gasteiger partial charge in [0.1, 0.15) is 6.33 Å². The van der Waals surface area contributed by atoms with Gasteiger partial charge in [-0.1, -0.05) is 16.8 Å². The molecule has 3 rings (SSSR count). The number of carbonyl (C=O) groups is 2. The molecule has 0 fully saturated rings. The molecule has 140 valence electrons. The molecular weight excluding hydrogens is 376 g/mol. The number of amides is 1. The molecule has 0 unspecified atom stereocenters. The number of esters is 1. The van der Waals surface area contributed by atoms with E-state index in [1.165, 1.54) is 13.3 Å². The zero-order valence-corrected chi connectivity index (χ0v) is 14.9. The molecule has 11 heteroatoms. The number of nitrogens with zero attached hydrogens (tertiary/aromatic N) is 4. The Balaban J connectivity index is 1.45. The molecule has 0 saturated carbocycles. The lowest BCUT2D eigenvalue weighted by atomic mass is 10.3. The Morgan fingerprint density at radius 1 is 1.33 bits per heavy atom. The second-order valence-corrected chi connectivity index (χ2v) is 5.91. The van der Waals surface area contributed by atoms with E-state index >= 15 is 0 Å². The molecule has 2 N–H and O–H groups in total. The molecule has 27 heavy (non-hydrogen) atoms. The zero-order valence-electron chi connectivity index (χ0n) is 14.2. The summed E-state index contributed by atoms with van der Waals surface area (Å²) < 4.78 is 10.1. The van der Waals surface area contributed by atoms with Crippen LogP contribution in [0.5, 0.6) is 0 Å². The highest BCUT2D eigenvalue weighted by atomic mass is 35.5. The number of hydrogen-bond acceptors (Lipinski definition) is 8. The van der Waals surface area contributed by atoms with Crippen LogP contribution in [0, 0.1) is 0 Å². The molecule has 2 heterocycles. The Morgan fingerprint density at radius 3 is 2.81 bits per heavy atom. The van der Waals surface area contributed by atoms with Crippen molar-refractivity contribution in [3.8, 4) is 11.6 Å². The van der Waals surface area contributed by atoms with Gasteiger partial charge in [-0.3, -0.25) is 14.7 Å². The number of ether oxygens (including phenoxy) is 1. The number of anilines is 1. The lowest BCUT2D eigenvalue weighted by Crippen LogP contribution is -2.30. The minimum absolute atomic E-state index is 0.0173. The van der Waals surface area contributed by atoms with Crippen molar-refractivity contribution in [3.63, 3.8) is 0 Å². The van der Waals surface area contributed by atoms with E-state index in [0.717, 1.165) is 0 Å². The highest BCUT2D eigenvalue weighted by Crippen LogP contribution is 2.14. The highest BCUT2D eigenvalue weighted by Gasteiger charge is 2.19. The molecule has 0 aliphatic carbocycles. The van der Waals surface area contributed by atoms with Gasteiger partial charge in [0, 0.05) is 17.1 Å². The molecule has 1 atom stereocenters. The van der Waals surface area contributed by atoms with Crippen LogP contribution >= 0.6 is 11.6 Å². The van der Waals surface area contributed by atoms with Gasteiger partial charge in [0.15, 0.2) is 11.9 Å². The van der Waals surface area contributed by atoms with Gasteiger partial charge in [-0.2, -0.15) is 10.1 Å². The summed E-state index contributed by atoms with van der Waals surface area (Å²) in [5.41, 5.74) is 0.554. The normalized spacial score (nSPS) is 11.8. The van der Waals surface area contributed by atoms with Crippen molar-refractivity contribution in [3.05, 3.63) is 41.5 Å². The fraction of sp³-hybridized carbons (Fsp3) is 0.250. The number of halogens is 1. The van der Waals surface area contributed by atoms with Gasteiger partial charge in [0.05, 0.1) is 6.42 Å². The van der Waals surface area contributed by atoms with Crippen LogP contribution < -0.4 is 5.32 Å². The first-order chi connectivity index (χ1) is 13.0. The topological polar surface area (TPSA) is 136 Å². The van der Waals surface area contributed by atoms with Crippen molar-refractivity contribution in [1.82, 2.24) is 25.3 Å². The minimum Gasteiger partial charge on any atom is -0.453 e. The van der Waals surface area contributed by atoms with Crippen LogP contribution in [0.25, 0.3) is 11.6 Å². The third kappa shape index (κ3) is 5.11. The Hall–Kier alpha value is -3.27. The number of aromatic amines is 1. The molecule has 0 bridgehead atoms. The quantitative estimate of drug-likeness (QED) is 0.584. The smallest absolute Gasteiger partial charge is 0.307 e. The number of benzene rings is 1. The monoisotopic (exact) mass is 390 g/mol. The van der Waals surface area contributed by atoms with E-state index in [9.17, 15) is 9.59 Å². The van der Waals surface area contributed by atoms with Crippen molar-refractivity contribution < 1.29 is 18.8 Å². The lowest BCUT2D eigenvalue weighted by molar-refractivity contribution is -0.153. The maximum atomic E-state index is 12.1. The average molecular weight is 391 g/mol. The molecular formula is C16H15ClN6O4. The van der Waals surface area contributed by atoms with E-state index in [2.05, 4.69) is 30.6 Å². The predicted molar refractivity (Wildman–Crippen MR) is 93.6 cm³/mol. The fourth-order valence-electron chi connectivity index (χ4n) is 2.06. The van der Waals surface area contributed by atoms with E-state index in [4.69, 9.17) is 20.9 Å². The SMILES string of the molecule is C[C@@H](OC(=O)CCc1nc(-c2ncn[nH]2)no1)C(=O)Nc1ccc(Cl)cc1. The Morgan fingerprint density at radius 2 is 2.11 bits per heavy atom. The number of hydrogen-bond donors (Lipinski definition) is 2. The maximum absolute atomic E-state index is 12.1. The van der Waals surface area contributed by atoms with Crippen LogP contribution in [0.4, 0.5) is 5.69 Å². The summed E-state index contributed by atoms with van der Waals surface area (Å²) in [7, 11) is 0. The molecule has 1 amide bonds. The third-order valence-corrected chi connectivity index (χ3v) is 3.68. The first-order valence-electron chi connectivity index (χ1n) is 7.95. The molecule has 0 radical (unpaired) electrons. The number of H-pyrrole nitrogens is 1. The third-order valence-electron chi connectivity index (χ3n) is 3.43. The molecule has 10 nitrogen and oxygen atoms in total. The molecule has 2 aromatic heterocycles. The van der Waals surface area contributed by atoms with Gasteiger partial charge in [-0.25, -0.2) is 4.98 Å². The number of carbonyl (C=O) groups excluding carboxylic acids is 2. The number of aryl methyl sites for hydroxylation is 1. The van der Waals surface area contributed by atoms with Crippen molar-refractivity contribution in [2.75, 3.05) is 5.32 Å². The second-order valence-electron chi connectivity index (χ2n) is 5.47. The van der Waals surface area contributed by atoms with Gasteiger partial charge in [0.2, 0.25) is 11.7 Å². The summed E-state index contributed by atoms with van der Waals surface area (Å²) in [6.45, 7) is 1.48. The first-order valence-corrected chi connectivity index (χ1v) is 8.33. The van der Waals surface area contributed by atoms with Crippen molar-refractivity contribution >= 4 is 29.2 Å².